The van der Waals surface area contributed by atoms with E-state index in [1.807, 2.05) is 11.9 Å². The predicted octanol–water partition coefficient (Wildman–Crippen LogP) is 5.76. The fraction of sp³-hybridized carbons (Fsp3) is 0.500. The third kappa shape index (κ3) is 5.66. The summed E-state index contributed by atoms with van der Waals surface area (Å²) in [5.41, 5.74) is -0.851. The van der Waals surface area contributed by atoms with Gasteiger partial charge in [0.1, 0.15) is 12.4 Å². The van der Waals surface area contributed by atoms with Gasteiger partial charge < -0.3 is 14.5 Å². The molecular weight excluding hydrogens is 595 g/mol. The number of carbonyl (C=O) groups excluding carboxylic acids is 1. The minimum Gasteiger partial charge on any atom is -0.461 e. The minimum absolute atomic E-state index is 0.0766. The third-order valence-corrected chi connectivity index (χ3v) is 9.90. The molecular formula is C34H38F3N7O2. The summed E-state index contributed by atoms with van der Waals surface area (Å²) >= 11 is 0. The number of benzene rings is 1. The Morgan fingerprint density at radius 3 is 2.80 bits per heavy atom. The lowest BCUT2D eigenvalue weighted by atomic mass is 9.92. The molecule has 3 saturated heterocycles. The van der Waals surface area contributed by atoms with Gasteiger partial charge in [-0.05, 0) is 63.6 Å². The standard InChI is InChI=1S/C34H38F3N7O2/c1-5-27(45)43-13-7-10-24(19-43)42(4)31-26-17-39-29(25-11-6-9-23(16-38)28(25)34(35,36)37)22(3)30(26)40-32(41-31)46-20-33-12-8-14-44(33)18-21(2)15-33/h5-6,9,11,17,21,24H,1,7-8,10,12-15,18-20H2,2-4H3/t21?,24?,33-/m0/s1. The van der Waals surface area contributed by atoms with Crippen LogP contribution in [0.5, 0.6) is 6.01 Å². The molecule has 46 heavy (non-hydrogen) atoms. The first-order valence-corrected chi connectivity index (χ1v) is 15.8. The molecule has 3 atom stereocenters. The number of amides is 1. The molecule has 6 rings (SSSR count). The number of piperidine rings is 1. The van der Waals surface area contributed by atoms with Crippen molar-refractivity contribution >= 4 is 22.6 Å². The van der Waals surface area contributed by atoms with E-state index in [2.05, 4.69) is 23.4 Å². The Bertz CT molecular complexity index is 1720. The molecule has 0 spiro atoms. The number of nitriles is 1. The van der Waals surface area contributed by atoms with E-state index < -0.39 is 17.3 Å². The number of likely N-dealkylation sites (N-methyl/N-ethyl adjacent to an activating group) is 1. The molecule has 12 heteroatoms. The van der Waals surface area contributed by atoms with Crippen LogP contribution < -0.4 is 9.64 Å². The summed E-state index contributed by atoms with van der Waals surface area (Å²) in [6, 6.07) is 5.67. The Labute approximate surface area is 266 Å². The van der Waals surface area contributed by atoms with Crippen molar-refractivity contribution in [3.63, 3.8) is 0 Å². The first-order chi connectivity index (χ1) is 22.0. The topological polar surface area (TPSA) is 98.5 Å². The zero-order valence-corrected chi connectivity index (χ0v) is 26.4. The number of aromatic nitrogens is 3. The van der Waals surface area contributed by atoms with Crippen molar-refractivity contribution in [3.05, 3.63) is 53.7 Å². The van der Waals surface area contributed by atoms with Crippen LogP contribution in [0, 0.1) is 24.2 Å². The van der Waals surface area contributed by atoms with Crippen LogP contribution in [0.1, 0.15) is 55.7 Å². The van der Waals surface area contributed by atoms with Gasteiger partial charge in [0.25, 0.3) is 0 Å². The molecule has 242 valence electrons. The van der Waals surface area contributed by atoms with Gasteiger partial charge in [0.05, 0.1) is 39.3 Å². The number of halogens is 3. The molecule has 3 aromatic rings. The fourth-order valence-electron chi connectivity index (χ4n) is 7.73. The average Bonchev–Trinajstić information content (AvgIpc) is 3.57. The van der Waals surface area contributed by atoms with Gasteiger partial charge in [-0.25, -0.2) is 0 Å². The molecule has 3 aliphatic rings. The number of ether oxygens (including phenoxy) is 1. The zero-order chi connectivity index (χ0) is 32.8. The number of anilines is 1. The maximum absolute atomic E-state index is 14.3. The number of hydrogen-bond acceptors (Lipinski definition) is 8. The zero-order valence-electron chi connectivity index (χ0n) is 26.4. The van der Waals surface area contributed by atoms with Crippen LogP contribution >= 0.6 is 0 Å². The molecule has 2 unspecified atom stereocenters. The Morgan fingerprint density at radius 1 is 1.26 bits per heavy atom. The van der Waals surface area contributed by atoms with Crippen molar-refractivity contribution in [3.8, 4) is 23.3 Å². The summed E-state index contributed by atoms with van der Waals surface area (Å²) in [7, 11) is 1.90. The van der Waals surface area contributed by atoms with E-state index in [0.29, 0.717) is 47.9 Å². The van der Waals surface area contributed by atoms with Gasteiger partial charge in [-0.15, -0.1) is 0 Å². The Kier molecular flexibility index (Phi) is 8.40. The lowest BCUT2D eigenvalue weighted by molar-refractivity contribution is -0.137. The van der Waals surface area contributed by atoms with E-state index in [1.54, 1.807) is 17.9 Å². The monoisotopic (exact) mass is 633 g/mol. The first kappa shape index (κ1) is 31.7. The van der Waals surface area contributed by atoms with Crippen LogP contribution in [-0.2, 0) is 11.0 Å². The third-order valence-electron chi connectivity index (χ3n) is 9.90. The number of alkyl halides is 3. The van der Waals surface area contributed by atoms with E-state index in [1.165, 1.54) is 24.4 Å². The van der Waals surface area contributed by atoms with Crippen molar-refractivity contribution in [1.82, 2.24) is 24.8 Å². The molecule has 9 nitrogen and oxygen atoms in total. The molecule has 3 aliphatic heterocycles. The van der Waals surface area contributed by atoms with Crippen LogP contribution in [0.25, 0.3) is 22.2 Å². The van der Waals surface area contributed by atoms with Crippen molar-refractivity contribution in [2.45, 2.75) is 63.7 Å². The highest BCUT2D eigenvalue weighted by molar-refractivity contribution is 5.94. The van der Waals surface area contributed by atoms with Crippen LogP contribution in [0.2, 0.25) is 0 Å². The first-order valence-electron chi connectivity index (χ1n) is 15.8. The van der Waals surface area contributed by atoms with E-state index in [4.69, 9.17) is 14.7 Å². The molecule has 2 aromatic heterocycles. The lowest BCUT2D eigenvalue weighted by Gasteiger charge is -2.38. The fourth-order valence-corrected chi connectivity index (χ4v) is 7.73. The average molecular weight is 634 g/mol. The molecule has 1 amide bonds. The number of fused-ring (bicyclic) bond motifs is 2. The van der Waals surface area contributed by atoms with Crippen molar-refractivity contribution < 1.29 is 22.7 Å². The summed E-state index contributed by atoms with van der Waals surface area (Å²) in [6.45, 7) is 11.1. The van der Waals surface area contributed by atoms with Gasteiger partial charge in [0.15, 0.2) is 0 Å². The molecule has 0 aliphatic carbocycles. The molecule has 5 heterocycles. The highest BCUT2D eigenvalue weighted by Crippen LogP contribution is 2.43. The van der Waals surface area contributed by atoms with Crippen LogP contribution in [-0.4, -0.2) is 82.1 Å². The van der Waals surface area contributed by atoms with Gasteiger partial charge >= 0.3 is 12.2 Å². The Morgan fingerprint density at radius 2 is 2.07 bits per heavy atom. The Hall–Kier alpha value is -4.24. The molecule has 0 N–H and O–H groups in total. The molecule has 0 saturated carbocycles. The SMILES string of the molecule is C=CC(=O)N1CCCC(N(C)c2nc(OC[C@@]34CCCN3CC(C)C4)nc3c(C)c(-c4cccc(C#N)c4C(F)(F)F)ncc23)C1. The Balaban J connectivity index is 1.46. The van der Waals surface area contributed by atoms with Gasteiger partial charge in [0.2, 0.25) is 5.91 Å². The number of carbonyl (C=O) groups is 1. The highest BCUT2D eigenvalue weighted by atomic mass is 19.4. The number of likely N-dealkylation sites (tertiary alicyclic amines) is 1. The summed E-state index contributed by atoms with van der Waals surface area (Å²) in [5, 5.41) is 10.1. The van der Waals surface area contributed by atoms with Crippen molar-refractivity contribution in [2.75, 3.05) is 44.7 Å². The maximum atomic E-state index is 14.3. The molecule has 3 fully saturated rings. The second-order valence-corrected chi connectivity index (χ2v) is 12.9. The van der Waals surface area contributed by atoms with Crippen molar-refractivity contribution in [1.29, 1.82) is 5.26 Å². The summed E-state index contributed by atoms with van der Waals surface area (Å²) in [5.74, 6) is 0.948. The number of aryl methyl sites for hydroxylation is 1. The van der Waals surface area contributed by atoms with Crippen LogP contribution in [0.15, 0.2) is 37.1 Å². The van der Waals surface area contributed by atoms with Gasteiger partial charge in [-0.2, -0.15) is 28.4 Å². The number of pyridine rings is 1. The molecule has 1 aromatic carbocycles. The van der Waals surface area contributed by atoms with E-state index >= 15 is 0 Å². The molecule has 0 radical (unpaired) electrons. The normalized spacial score (nSPS) is 23.3. The quantitative estimate of drug-likeness (QED) is 0.303. The largest absolute Gasteiger partial charge is 0.461 e. The number of nitrogens with zero attached hydrogens (tertiary/aromatic N) is 7. The smallest absolute Gasteiger partial charge is 0.418 e. The number of rotatable bonds is 7. The molecule has 0 bridgehead atoms. The van der Waals surface area contributed by atoms with Crippen LogP contribution in [0.3, 0.4) is 0 Å². The number of hydrogen-bond donors (Lipinski definition) is 0. The summed E-state index contributed by atoms with van der Waals surface area (Å²) in [4.78, 5) is 32.9. The summed E-state index contributed by atoms with van der Waals surface area (Å²) in [6.07, 6.45) is 2.80. The highest BCUT2D eigenvalue weighted by Gasteiger charge is 2.48. The second kappa shape index (κ2) is 12.2. The van der Waals surface area contributed by atoms with E-state index in [-0.39, 0.29) is 34.8 Å². The van der Waals surface area contributed by atoms with Crippen LogP contribution in [0.4, 0.5) is 19.0 Å². The van der Waals surface area contributed by atoms with Gasteiger partial charge in [-0.1, -0.05) is 25.6 Å². The maximum Gasteiger partial charge on any atom is 0.418 e. The van der Waals surface area contributed by atoms with Crippen molar-refractivity contribution in [2.24, 2.45) is 5.92 Å². The summed E-state index contributed by atoms with van der Waals surface area (Å²) < 4.78 is 49.3. The predicted molar refractivity (Wildman–Crippen MR) is 168 cm³/mol. The minimum atomic E-state index is -4.77. The van der Waals surface area contributed by atoms with E-state index in [0.717, 1.165) is 51.3 Å². The second-order valence-electron chi connectivity index (χ2n) is 12.9. The van der Waals surface area contributed by atoms with Gasteiger partial charge in [0, 0.05) is 50.0 Å². The van der Waals surface area contributed by atoms with E-state index in [9.17, 15) is 23.2 Å². The lowest BCUT2D eigenvalue weighted by Crippen LogP contribution is -2.48. The van der Waals surface area contributed by atoms with Gasteiger partial charge in [-0.3, -0.25) is 14.7 Å².